The molecule has 3 nitrogen and oxygen atoms in total. The second-order valence-corrected chi connectivity index (χ2v) is 3.22. The summed E-state index contributed by atoms with van der Waals surface area (Å²) in [5, 5.41) is 9.73. The van der Waals surface area contributed by atoms with Crippen LogP contribution in [-0.4, -0.2) is 16.1 Å². The Morgan fingerprint density at radius 1 is 1.54 bits per heavy atom. The Kier molecular flexibility index (Phi) is 3.39. The Morgan fingerprint density at radius 3 is 2.77 bits per heavy atom. The number of aryl methyl sites for hydroxylation is 1. The number of aliphatic hydroxyl groups is 1. The van der Waals surface area contributed by atoms with Crippen molar-refractivity contribution in [3.63, 3.8) is 0 Å². The van der Waals surface area contributed by atoms with Crippen LogP contribution in [0.25, 0.3) is 0 Å². The second kappa shape index (κ2) is 4.35. The van der Waals surface area contributed by atoms with Crippen molar-refractivity contribution in [3.8, 4) is 0 Å². The molecular formula is C10H16N2O. The van der Waals surface area contributed by atoms with Gasteiger partial charge in [0.05, 0.1) is 5.69 Å². The zero-order valence-corrected chi connectivity index (χ0v) is 8.07. The van der Waals surface area contributed by atoms with Crippen molar-refractivity contribution >= 4 is 0 Å². The SMILES string of the molecule is CCC(N)C(O)c1cccc(C)n1. The van der Waals surface area contributed by atoms with Crippen LogP contribution in [0.4, 0.5) is 0 Å². The van der Waals surface area contributed by atoms with Gasteiger partial charge in [0, 0.05) is 11.7 Å². The number of nitrogens with zero attached hydrogens (tertiary/aromatic N) is 1. The van der Waals surface area contributed by atoms with Crippen LogP contribution in [0.2, 0.25) is 0 Å². The number of hydrogen-bond donors (Lipinski definition) is 2. The monoisotopic (exact) mass is 180 g/mol. The van der Waals surface area contributed by atoms with Gasteiger partial charge in [0.1, 0.15) is 6.10 Å². The summed E-state index contributed by atoms with van der Waals surface area (Å²) in [6.07, 6.45) is 0.0986. The fourth-order valence-electron chi connectivity index (χ4n) is 1.17. The Morgan fingerprint density at radius 2 is 2.23 bits per heavy atom. The molecular weight excluding hydrogens is 164 g/mol. The number of rotatable bonds is 3. The molecule has 3 heteroatoms. The Bertz CT molecular complexity index is 275. The first-order valence-corrected chi connectivity index (χ1v) is 4.52. The average Bonchev–Trinajstić information content (AvgIpc) is 2.15. The summed E-state index contributed by atoms with van der Waals surface area (Å²) in [4.78, 5) is 4.21. The summed E-state index contributed by atoms with van der Waals surface area (Å²) < 4.78 is 0. The van der Waals surface area contributed by atoms with Gasteiger partial charge in [-0.3, -0.25) is 4.98 Å². The highest BCUT2D eigenvalue weighted by Crippen LogP contribution is 2.14. The van der Waals surface area contributed by atoms with Crippen LogP contribution >= 0.6 is 0 Å². The van der Waals surface area contributed by atoms with E-state index in [-0.39, 0.29) is 6.04 Å². The zero-order valence-electron chi connectivity index (χ0n) is 8.07. The predicted molar refractivity (Wildman–Crippen MR) is 52.2 cm³/mol. The average molecular weight is 180 g/mol. The first kappa shape index (κ1) is 10.2. The summed E-state index contributed by atoms with van der Waals surface area (Å²) in [6.45, 7) is 3.84. The van der Waals surface area contributed by atoms with E-state index in [0.29, 0.717) is 5.69 Å². The van der Waals surface area contributed by atoms with E-state index in [1.54, 1.807) is 6.07 Å². The van der Waals surface area contributed by atoms with E-state index in [2.05, 4.69) is 4.98 Å². The molecule has 3 N–H and O–H groups in total. The number of aromatic nitrogens is 1. The minimum atomic E-state index is -0.648. The maximum absolute atomic E-state index is 9.73. The van der Waals surface area contributed by atoms with Gasteiger partial charge in [-0.05, 0) is 25.5 Å². The molecule has 0 spiro atoms. The molecule has 0 fully saturated rings. The summed E-state index contributed by atoms with van der Waals surface area (Å²) in [5.41, 5.74) is 7.27. The van der Waals surface area contributed by atoms with Crippen molar-refractivity contribution < 1.29 is 5.11 Å². The number of hydrogen-bond acceptors (Lipinski definition) is 3. The second-order valence-electron chi connectivity index (χ2n) is 3.22. The third-order valence-corrected chi connectivity index (χ3v) is 2.09. The zero-order chi connectivity index (χ0) is 9.84. The minimum absolute atomic E-state index is 0.228. The molecule has 1 aromatic heterocycles. The van der Waals surface area contributed by atoms with E-state index in [1.165, 1.54) is 0 Å². The molecule has 0 aliphatic carbocycles. The van der Waals surface area contributed by atoms with Gasteiger partial charge >= 0.3 is 0 Å². The first-order chi connectivity index (χ1) is 6.15. The van der Waals surface area contributed by atoms with Crippen molar-refractivity contribution in [2.24, 2.45) is 5.73 Å². The molecule has 72 valence electrons. The van der Waals surface area contributed by atoms with Crippen molar-refractivity contribution in [2.75, 3.05) is 0 Å². The number of pyridine rings is 1. The largest absolute Gasteiger partial charge is 0.385 e. The van der Waals surface area contributed by atoms with E-state index in [1.807, 2.05) is 26.0 Å². The molecule has 0 aliphatic rings. The van der Waals surface area contributed by atoms with Gasteiger partial charge in [0.15, 0.2) is 0 Å². The smallest absolute Gasteiger partial charge is 0.111 e. The molecule has 0 saturated heterocycles. The van der Waals surface area contributed by atoms with Crippen molar-refractivity contribution in [3.05, 3.63) is 29.6 Å². The van der Waals surface area contributed by atoms with E-state index < -0.39 is 6.10 Å². The third kappa shape index (κ3) is 2.50. The van der Waals surface area contributed by atoms with Crippen LogP contribution in [0.5, 0.6) is 0 Å². The molecule has 0 aliphatic heterocycles. The fraction of sp³-hybridized carbons (Fsp3) is 0.500. The lowest BCUT2D eigenvalue weighted by atomic mass is 10.1. The molecule has 1 heterocycles. The highest BCUT2D eigenvalue weighted by Gasteiger charge is 2.15. The molecule has 1 rings (SSSR count). The topological polar surface area (TPSA) is 59.1 Å². The van der Waals surface area contributed by atoms with Gasteiger partial charge in [-0.15, -0.1) is 0 Å². The molecule has 2 unspecified atom stereocenters. The fourth-order valence-corrected chi connectivity index (χ4v) is 1.17. The molecule has 0 radical (unpaired) electrons. The molecule has 0 saturated carbocycles. The van der Waals surface area contributed by atoms with Gasteiger partial charge in [0.2, 0.25) is 0 Å². The minimum Gasteiger partial charge on any atom is -0.385 e. The van der Waals surface area contributed by atoms with Crippen LogP contribution < -0.4 is 5.73 Å². The molecule has 0 aromatic carbocycles. The summed E-state index contributed by atoms with van der Waals surface area (Å²) >= 11 is 0. The van der Waals surface area contributed by atoms with Crippen LogP contribution in [0.15, 0.2) is 18.2 Å². The van der Waals surface area contributed by atoms with Crippen molar-refractivity contribution in [1.82, 2.24) is 4.98 Å². The summed E-state index contributed by atoms with van der Waals surface area (Å²) in [5.74, 6) is 0. The Hall–Kier alpha value is -0.930. The maximum atomic E-state index is 9.73. The van der Waals surface area contributed by atoms with E-state index in [0.717, 1.165) is 12.1 Å². The van der Waals surface area contributed by atoms with Gasteiger partial charge in [-0.25, -0.2) is 0 Å². The standard InChI is InChI=1S/C10H16N2O/c1-3-8(11)10(13)9-6-4-5-7(2)12-9/h4-6,8,10,13H,3,11H2,1-2H3. The van der Waals surface area contributed by atoms with Crippen LogP contribution in [0.1, 0.15) is 30.8 Å². The lowest BCUT2D eigenvalue weighted by Gasteiger charge is -2.16. The lowest BCUT2D eigenvalue weighted by molar-refractivity contribution is 0.140. The molecule has 0 amide bonds. The van der Waals surface area contributed by atoms with Crippen molar-refractivity contribution in [1.29, 1.82) is 0 Å². The van der Waals surface area contributed by atoms with E-state index >= 15 is 0 Å². The quantitative estimate of drug-likeness (QED) is 0.733. The van der Waals surface area contributed by atoms with E-state index in [4.69, 9.17) is 5.73 Å². The van der Waals surface area contributed by atoms with Gasteiger partial charge in [0.25, 0.3) is 0 Å². The van der Waals surface area contributed by atoms with Gasteiger partial charge < -0.3 is 10.8 Å². The molecule has 2 atom stereocenters. The number of nitrogens with two attached hydrogens (primary N) is 1. The maximum Gasteiger partial charge on any atom is 0.111 e. The van der Waals surface area contributed by atoms with E-state index in [9.17, 15) is 5.11 Å². The Labute approximate surface area is 78.6 Å². The van der Waals surface area contributed by atoms with Crippen LogP contribution in [-0.2, 0) is 0 Å². The van der Waals surface area contributed by atoms with Crippen LogP contribution in [0, 0.1) is 6.92 Å². The molecule has 0 bridgehead atoms. The third-order valence-electron chi connectivity index (χ3n) is 2.09. The van der Waals surface area contributed by atoms with Crippen molar-refractivity contribution in [2.45, 2.75) is 32.4 Å². The van der Waals surface area contributed by atoms with Crippen LogP contribution in [0.3, 0.4) is 0 Å². The summed E-state index contributed by atoms with van der Waals surface area (Å²) in [7, 11) is 0. The first-order valence-electron chi connectivity index (χ1n) is 4.52. The predicted octanol–water partition coefficient (Wildman–Crippen LogP) is 1.16. The summed E-state index contributed by atoms with van der Waals surface area (Å²) in [6, 6.07) is 5.35. The van der Waals surface area contributed by atoms with Gasteiger partial charge in [-0.1, -0.05) is 13.0 Å². The number of aliphatic hydroxyl groups excluding tert-OH is 1. The Balaban J connectivity index is 2.82. The normalized spacial score (nSPS) is 15.4. The molecule has 1 aromatic rings. The van der Waals surface area contributed by atoms with Gasteiger partial charge in [-0.2, -0.15) is 0 Å². The highest BCUT2D eigenvalue weighted by molar-refractivity contribution is 5.13. The lowest BCUT2D eigenvalue weighted by Crippen LogP contribution is -2.28. The molecule has 13 heavy (non-hydrogen) atoms. The highest BCUT2D eigenvalue weighted by atomic mass is 16.3.